The van der Waals surface area contributed by atoms with E-state index in [1.165, 1.54) is 14.0 Å². The average molecular weight is 428 g/mol. The number of nitrogens with zero attached hydrogens (tertiary/aromatic N) is 3. The molecule has 1 saturated heterocycles. The van der Waals surface area contributed by atoms with Crippen molar-refractivity contribution < 1.29 is 19.1 Å². The SMILES string of the molecule is COC(=O)[C@H](C)N1C(=O)S/C(=C/c2cc(C)n(-c3ccc(N(C)C)cc3)c2C)C1=O. The van der Waals surface area contributed by atoms with Crippen molar-refractivity contribution in [3.05, 3.63) is 52.2 Å². The minimum atomic E-state index is -0.962. The summed E-state index contributed by atoms with van der Waals surface area (Å²) in [4.78, 5) is 40.1. The van der Waals surface area contributed by atoms with Crippen molar-refractivity contribution in [3.8, 4) is 5.69 Å². The van der Waals surface area contributed by atoms with Crippen LogP contribution in [0.2, 0.25) is 0 Å². The Morgan fingerprint density at radius 2 is 1.80 bits per heavy atom. The first kappa shape index (κ1) is 21.7. The van der Waals surface area contributed by atoms with Crippen molar-refractivity contribution in [2.75, 3.05) is 26.1 Å². The van der Waals surface area contributed by atoms with Crippen LogP contribution in [-0.2, 0) is 14.3 Å². The van der Waals surface area contributed by atoms with Gasteiger partial charge < -0.3 is 14.2 Å². The first-order valence-electron chi connectivity index (χ1n) is 9.47. The molecule has 0 saturated carbocycles. The van der Waals surface area contributed by atoms with Gasteiger partial charge >= 0.3 is 5.97 Å². The molecule has 158 valence electrons. The topological polar surface area (TPSA) is 71.8 Å². The highest BCUT2D eigenvalue weighted by Gasteiger charge is 2.41. The molecule has 30 heavy (non-hydrogen) atoms. The minimum Gasteiger partial charge on any atom is -0.467 e. The van der Waals surface area contributed by atoms with E-state index in [1.807, 2.05) is 63.2 Å². The predicted molar refractivity (Wildman–Crippen MR) is 119 cm³/mol. The molecule has 7 nitrogen and oxygen atoms in total. The van der Waals surface area contributed by atoms with Gasteiger partial charge in [0.05, 0.1) is 12.0 Å². The Morgan fingerprint density at radius 3 is 2.37 bits per heavy atom. The molecule has 1 aliphatic rings. The number of hydrogen-bond donors (Lipinski definition) is 0. The predicted octanol–water partition coefficient (Wildman–Crippen LogP) is 3.76. The van der Waals surface area contributed by atoms with Crippen LogP contribution in [0.25, 0.3) is 11.8 Å². The van der Waals surface area contributed by atoms with Crippen LogP contribution < -0.4 is 4.90 Å². The first-order chi connectivity index (χ1) is 14.1. The second-order valence-electron chi connectivity index (χ2n) is 7.32. The number of thioether (sulfide) groups is 1. The Bertz CT molecular complexity index is 1040. The number of methoxy groups -OCH3 is 1. The minimum absolute atomic E-state index is 0.291. The number of amides is 2. The van der Waals surface area contributed by atoms with Gasteiger partial charge in [0.15, 0.2) is 0 Å². The summed E-state index contributed by atoms with van der Waals surface area (Å²) in [5.41, 5.74) is 4.94. The van der Waals surface area contributed by atoms with Crippen LogP contribution in [0.3, 0.4) is 0 Å². The summed E-state index contributed by atoms with van der Waals surface area (Å²) < 4.78 is 6.77. The molecule has 3 rings (SSSR count). The van der Waals surface area contributed by atoms with Crippen molar-refractivity contribution in [1.82, 2.24) is 9.47 Å². The summed E-state index contributed by atoms with van der Waals surface area (Å²) in [6.07, 6.45) is 1.71. The zero-order valence-corrected chi connectivity index (χ0v) is 18.7. The number of rotatable bonds is 5. The van der Waals surface area contributed by atoms with Crippen LogP contribution in [0, 0.1) is 13.8 Å². The Labute approximate surface area is 180 Å². The van der Waals surface area contributed by atoms with Crippen LogP contribution in [0.5, 0.6) is 0 Å². The molecule has 2 amide bonds. The second-order valence-corrected chi connectivity index (χ2v) is 8.32. The van der Waals surface area contributed by atoms with Gasteiger partial charge in [-0.1, -0.05) is 0 Å². The van der Waals surface area contributed by atoms with E-state index in [2.05, 4.69) is 9.30 Å². The molecule has 1 aromatic carbocycles. The van der Waals surface area contributed by atoms with Gasteiger partial charge in [-0.3, -0.25) is 14.5 Å². The summed E-state index contributed by atoms with van der Waals surface area (Å²) in [5, 5.41) is -0.475. The highest BCUT2D eigenvalue weighted by molar-refractivity contribution is 8.18. The van der Waals surface area contributed by atoms with E-state index in [4.69, 9.17) is 0 Å². The molecule has 1 fully saturated rings. The Morgan fingerprint density at radius 1 is 1.17 bits per heavy atom. The van der Waals surface area contributed by atoms with Crippen molar-refractivity contribution in [1.29, 1.82) is 0 Å². The summed E-state index contributed by atoms with van der Waals surface area (Å²) in [6, 6.07) is 9.21. The zero-order valence-electron chi connectivity index (χ0n) is 17.9. The number of hydrogen-bond acceptors (Lipinski definition) is 6. The van der Waals surface area contributed by atoms with E-state index < -0.39 is 23.2 Å². The molecule has 0 unspecified atom stereocenters. The smallest absolute Gasteiger partial charge is 0.328 e. The molecule has 0 N–H and O–H groups in total. The number of imide groups is 1. The molecular weight excluding hydrogens is 402 g/mol. The molecule has 2 aromatic rings. The van der Waals surface area contributed by atoms with Crippen molar-refractivity contribution in [2.45, 2.75) is 26.8 Å². The van der Waals surface area contributed by atoms with Crippen molar-refractivity contribution in [3.63, 3.8) is 0 Å². The fraction of sp³-hybridized carbons (Fsp3) is 0.318. The maximum atomic E-state index is 12.8. The van der Waals surface area contributed by atoms with Crippen molar-refractivity contribution >= 4 is 40.6 Å². The summed E-state index contributed by atoms with van der Waals surface area (Å²) in [5.74, 6) is -1.11. The number of ether oxygens (including phenoxy) is 1. The molecule has 0 aliphatic carbocycles. The molecular formula is C22H25N3O4S. The summed E-state index contributed by atoms with van der Waals surface area (Å²) in [7, 11) is 5.22. The van der Waals surface area contributed by atoms with Gasteiger partial charge in [0.25, 0.3) is 11.1 Å². The molecule has 1 atom stereocenters. The van der Waals surface area contributed by atoms with Gasteiger partial charge in [-0.05, 0) is 74.5 Å². The van der Waals surface area contributed by atoms with Crippen molar-refractivity contribution in [2.24, 2.45) is 0 Å². The third-order valence-corrected chi connectivity index (χ3v) is 6.02. The number of aromatic nitrogens is 1. The lowest BCUT2D eigenvalue weighted by molar-refractivity contribution is -0.148. The number of aryl methyl sites for hydroxylation is 1. The van der Waals surface area contributed by atoms with E-state index in [9.17, 15) is 14.4 Å². The molecule has 1 aromatic heterocycles. The van der Waals surface area contributed by atoms with E-state index in [1.54, 1.807) is 6.08 Å². The third-order valence-electron chi connectivity index (χ3n) is 5.13. The van der Waals surface area contributed by atoms with Crippen LogP contribution >= 0.6 is 11.8 Å². The lowest BCUT2D eigenvalue weighted by Gasteiger charge is -2.18. The number of esters is 1. The van der Waals surface area contributed by atoms with Crippen LogP contribution in [0.1, 0.15) is 23.9 Å². The zero-order chi connectivity index (χ0) is 22.2. The highest BCUT2D eigenvalue weighted by Crippen LogP contribution is 2.35. The quantitative estimate of drug-likeness (QED) is 0.535. The van der Waals surface area contributed by atoms with Gasteiger partial charge in [0.1, 0.15) is 6.04 Å². The molecule has 2 heterocycles. The van der Waals surface area contributed by atoms with E-state index in [0.29, 0.717) is 4.91 Å². The normalized spacial score (nSPS) is 16.3. The first-order valence-corrected chi connectivity index (χ1v) is 10.3. The third kappa shape index (κ3) is 3.87. The van der Waals surface area contributed by atoms with Crippen LogP contribution in [-0.4, -0.2) is 53.8 Å². The fourth-order valence-electron chi connectivity index (χ4n) is 3.46. The maximum Gasteiger partial charge on any atom is 0.328 e. The molecule has 0 spiro atoms. The van der Waals surface area contributed by atoms with Gasteiger partial charge in [0.2, 0.25) is 0 Å². The Balaban J connectivity index is 1.94. The molecule has 0 bridgehead atoms. The lowest BCUT2D eigenvalue weighted by atomic mass is 10.2. The highest BCUT2D eigenvalue weighted by atomic mass is 32.2. The molecule has 1 aliphatic heterocycles. The largest absolute Gasteiger partial charge is 0.467 e. The molecule has 8 heteroatoms. The van der Waals surface area contributed by atoms with E-state index >= 15 is 0 Å². The Hall–Kier alpha value is -3.00. The maximum absolute atomic E-state index is 12.8. The van der Waals surface area contributed by atoms with Gasteiger partial charge in [-0.2, -0.15) is 0 Å². The van der Waals surface area contributed by atoms with E-state index in [0.717, 1.165) is 45.0 Å². The van der Waals surface area contributed by atoms with Gasteiger partial charge in [0, 0.05) is 36.9 Å². The van der Waals surface area contributed by atoms with Crippen LogP contribution in [0.15, 0.2) is 35.2 Å². The standard InChI is InChI=1S/C22H25N3O4S/c1-13-11-16(14(2)24(13)18-9-7-17(8-10-18)23(4)5)12-19-20(26)25(22(28)30-19)15(3)21(27)29-6/h7-12,15H,1-6H3/b19-12+/t15-/m0/s1. The number of carbonyl (C=O) groups excluding carboxylic acids is 3. The number of benzene rings is 1. The van der Waals surface area contributed by atoms with E-state index in [-0.39, 0.29) is 0 Å². The molecule has 0 radical (unpaired) electrons. The fourth-order valence-corrected chi connectivity index (χ4v) is 4.36. The average Bonchev–Trinajstić information content (AvgIpc) is 3.15. The number of anilines is 1. The summed E-state index contributed by atoms with van der Waals surface area (Å²) in [6.45, 7) is 5.45. The number of carbonyl (C=O) groups is 3. The second kappa shape index (κ2) is 8.39. The summed E-state index contributed by atoms with van der Waals surface area (Å²) >= 11 is 0.834. The van der Waals surface area contributed by atoms with Crippen LogP contribution in [0.4, 0.5) is 10.5 Å². The lowest BCUT2D eigenvalue weighted by Crippen LogP contribution is -2.42. The van der Waals surface area contributed by atoms with Gasteiger partial charge in [-0.15, -0.1) is 0 Å². The Kier molecular flexibility index (Phi) is 6.07. The van der Waals surface area contributed by atoms with Gasteiger partial charge in [-0.25, -0.2) is 4.79 Å². The monoisotopic (exact) mass is 427 g/mol.